The molecule has 2 aromatic heterocycles. The van der Waals surface area contributed by atoms with Crippen LogP contribution < -0.4 is 0 Å². The summed E-state index contributed by atoms with van der Waals surface area (Å²) in [5.41, 5.74) is 0.970. The molecule has 0 saturated carbocycles. The van der Waals surface area contributed by atoms with Crippen molar-refractivity contribution in [1.82, 2.24) is 19.6 Å². The Hall–Kier alpha value is -1.96. The smallest absolute Gasteiger partial charge is 0.252 e. The van der Waals surface area contributed by atoms with Gasteiger partial charge in [-0.3, -0.25) is 14.4 Å². The predicted octanol–water partition coefficient (Wildman–Crippen LogP) is 3.64. The Morgan fingerprint density at radius 1 is 1.07 bits per heavy atom. The summed E-state index contributed by atoms with van der Waals surface area (Å²) in [6.45, 7) is 4.22. The molecule has 0 N–H and O–H groups in total. The van der Waals surface area contributed by atoms with E-state index in [2.05, 4.69) is 38.1 Å². The molecule has 0 radical (unpaired) electrons. The Morgan fingerprint density at radius 3 is 2.48 bits per heavy atom. The molecule has 0 spiro atoms. The summed E-state index contributed by atoms with van der Waals surface area (Å²) in [7, 11) is 0. The predicted molar refractivity (Wildman–Crippen MR) is 111 cm³/mol. The van der Waals surface area contributed by atoms with Crippen molar-refractivity contribution in [3.8, 4) is 0 Å². The molecule has 1 amide bonds. The van der Waals surface area contributed by atoms with Crippen LogP contribution in [0.3, 0.4) is 0 Å². The topological polar surface area (TPSA) is 41.4 Å². The monoisotopic (exact) mass is 444 g/mol. The number of rotatable bonds is 5. The number of amides is 1. The largest absolute Gasteiger partial charge is 0.338 e. The molecule has 3 aromatic rings. The average molecular weight is 445 g/mol. The third kappa shape index (κ3) is 4.31. The van der Waals surface area contributed by atoms with Crippen LogP contribution in [0.4, 0.5) is 0 Å². The fourth-order valence-corrected chi connectivity index (χ4v) is 4.96. The number of nitrogens with zero attached hydrogens (tertiary/aromatic N) is 4. The lowest BCUT2D eigenvalue weighted by Crippen LogP contribution is -2.50. The third-order valence-electron chi connectivity index (χ3n) is 4.83. The van der Waals surface area contributed by atoms with Gasteiger partial charge >= 0.3 is 0 Å². The van der Waals surface area contributed by atoms with Gasteiger partial charge in [0, 0.05) is 50.0 Å². The van der Waals surface area contributed by atoms with E-state index in [0.29, 0.717) is 0 Å². The van der Waals surface area contributed by atoms with E-state index < -0.39 is 6.04 Å². The molecule has 1 aliphatic rings. The summed E-state index contributed by atoms with van der Waals surface area (Å²) in [6.07, 6.45) is 3.58. The maximum absolute atomic E-state index is 13.3. The Kier molecular flexibility index (Phi) is 5.71. The summed E-state index contributed by atoms with van der Waals surface area (Å²) >= 11 is 5.29. The number of benzene rings is 1. The summed E-state index contributed by atoms with van der Waals surface area (Å²) in [5, 5.41) is 4.34. The molecule has 1 aromatic carbocycles. The summed E-state index contributed by atoms with van der Waals surface area (Å²) in [6, 6.07) is 15.6. The average Bonchev–Trinajstić information content (AvgIpc) is 3.36. The van der Waals surface area contributed by atoms with Crippen LogP contribution in [0.25, 0.3) is 0 Å². The van der Waals surface area contributed by atoms with Crippen LogP contribution in [0.1, 0.15) is 16.5 Å². The lowest BCUT2D eigenvalue weighted by molar-refractivity contribution is -0.135. The first kappa shape index (κ1) is 18.4. The molecule has 1 atom stereocenters. The quantitative estimate of drug-likeness (QED) is 0.602. The van der Waals surface area contributed by atoms with E-state index in [9.17, 15) is 4.79 Å². The van der Waals surface area contributed by atoms with E-state index in [1.165, 1.54) is 4.88 Å². The second kappa shape index (κ2) is 8.37. The van der Waals surface area contributed by atoms with Crippen molar-refractivity contribution in [2.75, 3.05) is 26.2 Å². The van der Waals surface area contributed by atoms with Crippen molar-refractivity contribution in [3.63, 3.8) is 0 Å². The summed E-state index contributed by atoms with van der Waals surface area (Å²) in [5.74, 6) is 0.114. The maximum Gasteiger partial charge on any atom is 0.252 e. The Morgan fingerprint density at radius 2 is 1.85 bits per heavy atom. The highest BCUT2D eigenvalue weighted by molar-refractivity contribution is 9.11. The second-order valence-corrected chi connectivity index (χ2v) is 9.15. The van der Waals surface area contributed by atoms with Crippen molar-refractivity contribution in [2.45, 2.75) is 12.6 Å². The highest BCUT2D eigenvalue weighted by Crippen LogP contribution is 2.25. The minimum Gasteiger partial charge on any atom is -0.338 e. The molecular formula is C20H21BrN4OS. The molecule has 4 rings (SSSR count). The van der Waals surface area contributed by atoms with Crippen LogP contribution in [0.15, 0.2) is 64.7 Å². The van der Waals surface area contributed by atoms with Crippen molar-refractivity contribution in [3.05, 3.63) is 75.2 Å². The molecule has 1 fully saturated rings. The van der Waals surface area contributed by atoms with E-state index in [-0.39, 0.29) is 5.91 Å². The lowest BCUT2D eigenvalue weighted by atomic mass is 10.1. The molecular weight excluding hydrogens is 424 g/mol. The molecule has 5 nitrogen and oxygen atoms in total. The van der Waals surface area contributed by atoms with Crippen molar-refractivity contribution >= 4 is 33.2 Å². The first-order valence-electron chi connectivity index (χ1n) is 9.00. The second-order valence-electron chi connectivity index (χ2n) is 6.61. The highest BCUT2D eigenvalue weighted by atomic mass is 79.9. The first-order valence-corrected chi connectivity index (χ1v) is 10.6. The van der Waals surface area contributed by atoms with Crippen LogP contribution in [0, 0.1) is 0 Å². The van der Waals surface area contributed by atoms with Gasteiger partial charge in [0.2, 0.25) is 0 Å². The molecule has 140 valence electrons. The number of hydrogen-bond donors (Lipinski definition) is 0. The summed E-state index contributed by atoms with van der Waals surface area (Å²) < 4.78 is 2.92. The SMILES string of the molecule is O=C(C(c1ccccc1)n1cccn1)N1CCN(Cc2ccc(Br)s2)CC1. The fourth-order valence-electron chi connectivity index (χ4n) is 3.43. The third-order valence-corrected chi connectivity index (χ3v) is 6.44. The number of thiophene rings is 1. The molecule has 1 aliphatic heterocycles. The van der Waals surface area contributed by atoms with Crippen LogP contribution in [0.2, 0.25) is 0 Å². The van der Waals surface area contributed by atoms with E-state index in [4.69, 9.17) is 0 Å². The molecule has 1 saturated heterocycles. The van der Waals surface area contributed by atoms with E-state index in [0.717, 1.165) is 42.1 Å². The van der Waals surface area contributed by atoms with E-state index in [1.807, 2.05) is 47.5 Å². The zero-order chi connectivity index (χ0) is 18.6. The number of carbonyl (C=O) groups excluding carboxylic acids is 1. The Bertz CT molecular complexity index is 873. The highest BCUT2D eigenvalue weighted by Gasteiger charge is 2.30. The standard InChI is InChI=1S/C20H21BrN4OS/c21-18-8-7-17(27-18)15-23-11-13-24(14-12-23)20(26)19(25-10-4-9-22-25)16-5-2-1-3-6-16/h1-10,19H,11-15H2. The van der Waals surface area contributed by atoms with Crippen molar-refractivity contribution in [1.29, 1.82) is 0 Å². The van der Waals surface area contributed by atoms with Gasteiger partial charge in [-0.2, -0.15) is 5.10 Å². The number of piperazine rings is 1. The lowest BCUT2D eigenvalue weighted by Gasteiger charge is -2.36. The van der Waals surface area contributed by atoms with Gasteiger partial charge in [0.05, 0.1) is 3.79 Å². The molecule has 27 heavy (non-hydrogen) atoms. The Balaban J connectivity index is 1.44. The van der Waals surface area contributed by atoms with Crippen LogP contribution in [0.5, 0.6) is 0 Å². The molecule has 1 unspecified atom stereocenters. The fraction of sp³-hybridized carbons (Fsp3) is 0.300. The van der Waals surface area contributed by atoms with Crippen LogP contribution in [-0.4, -0.2) is 51.7 Å². The van der Waals surface area contributed by atoms with Crippen LogP contribution >= 0.6 is 27.3 Å². The minimum absolute atomic E-state index is 0.114. The number of carbonyl (C=O) groups is 1. The van der Waals surface area contributed by atoms with Gasteiger partial charge in [-0.25, -0.2) is 0 Å². The summed E-state index contributed by atoms with van der Waals surface area (Å²) in [4.78, 5) is 19.0. The molecule has 7 heteroatoms. The zero-order valence-electron chi connectivity index (χ0n) is 14.9. The van der Waals surface area contributed by atoms with Gasteiger partial charge in [0.25, 0.3) is 5.91 Å². The minimum atomic E-state index is -0.402. The molecule has 0 bridgehead atoms. The van der Waals surface area contributed by atoms with Gasteiger partial charge in [-0.1, -0.05) is 30.3 Å². The maximum atomic E-state index is 13.3. The van der Waals surface area contributed by atoms with Crippen LogP contribution in [-0.2, 0) is 11.3 Å². The van der Waals surface area contributed by atoms with E-state index >= 15 is 0 Å². The van der Waals surface area contributed by atoms with Gasteiger partial charge in [0.1, 0.15) is 0 Å². The van der Waals surface area contributed by atoms with Crippen molar-refractivity contribution in [2.24, 2.45) is 0 Å². The van der Waals surface area contributed by atoms with Gasteiger partial charge in [-0.15, -0.1) is 11.3 Å². The Labute approximate surface area is 171 Å². The first-order chi connectivity index (χ1) is 13.2. The molecule has 0 aliphatic carbocycles. The van der Waals surface area contributed by atoms with E-state index in [1.54, 1.807) is 22.2 Å². The van der Waals surface area contributed by atoms with Gasteiger partial charge < -0.3 is 4.90 Å². The van der Waals surface area contributed by atoms with Gasteiger partial charge in [0.15, 0.2) is 6.04 Å². The number of hydrogen-bond acceptors (Lipinski definition) is 4. The normalized spacial score (nSPS) is 16.4. The number of aromatic nitrogens is 2. The van der Waals surface area contributed by atoms with Gasteiger partial charge in [-0.05, 0) is 39.7 Å². The molecule has 3 heterocycles. The number of halogens is 1. The van der Waals surface area contributed by atoms with Crippen molar-refractivity contribution < 1.29 is 4.79 Å². The zero-order valence-corrected chi connectivity index (χ0v) is 17.3.